The van der Waals surface area contributed by atoms with Crippen molar-refractivity contribution in [1.82, 2.24) is 19.9 Å². The number of hydrogen-bond donors (Lipinski definition) is 2. The molecule has 0 unspecified atom stereocenters. The molecule has 0 amide bonds. The Morgan fingerprint density at radius 3 is 2.35 bits per heavy atom. The van der Waals surface area contributed by atoms with Gasteiger partial charge in [-0.15, -0.1) is 0 Å². The van der Waals surface area contributed by atoms with Crippen LogP contribution in [0.1, 0.15) is 18.7 Å². The minimum atomic E-state index is -5.08. The first-order chi connectivity index (χ1) is 16.2. The summed E-state index contributed by atoms with van der Waals surface area (Å²) in [4.78, 5) is 25.0. The minimum absolute atomic E-state index is 0.0893. The summed E-state index contributed by atoms with van der Waals surface area (Å²) in [7, 11) is 0. The molecule has 0 aromatic carbocycles. The fourth-order valence-electron chi connectivity index (χ4n) is 3.95. The van der Waals surface area contributed by atoms with Crippen LogP contribution in [0.2, 0.25) is 0 Å². The predicted molar refractivity (Wildman–Crippen MR) is 117 cm³/mol. The zero-order valence-corrected chi connectivity index (χ0v) is 18.8. The van der Waals surface area contributed by atoms with E-state index in [0.717, 1.165) is 81.9 Å². The molecule has 2 fully saturated rings. The Morgan fingerprint density at radius 2 is 1.76 bits per heavy atom. The second-order valence-corrected chi connectivity index (χ2v) is 7.99. The Balaban J connectivity index is 0.000000406. The van der Waals surface area contributed by atoms with Crippen LogP contribution in [0.25, 0.3) is 11.4 Å². The quantitative estimate of drug-likeness (QED) is 0.663. The summed E-state index contributed by atoms with van der Waals surface area (Å²) >= 11 is 0. The van der Waals surface area contributed by atoms with E-state index in [9.17, 15) is 13.2 Å². The summed E-state index contributed by atoms with van der Waals surface area (Å²) in [5.74, 6) is -1.16. The molecule has 0 aliphatic carbocycles. The number of alkyl halides is 3. The second-order valence-electron chi connectivity index (χ2n) is 7.99. The van der Waals surface area contributed by atoms with Gasteiger partial charge < -0.3 is 19.9 Å². The van der Waals surface area contributed by atoms with Crippen molar-refractivity contribution in [2.45, 2.75) is 31.5 Å². The van der Waals surface area contributed by atoms with Gasteiger partial charge in [-0.25, -0.2) is 14.8 Å². The number of aromatic nitrogens is 3. The van der Waals surface area contributed by atoms with E-state index in [4.69, 9.17) is 19.4 Å². The molecular weight excluding hydrogens is 455 g/mol. The van der Waals surface area contributed by atoms with Crippen molar-refractivity contribution in [2.24, 2.45) is 0 Å². The number of anilines is 1. The summed E-state index contributed by atoms with van der Waals surface area (Å²) in [5, 5.41) is 10.7. The van der Waals surface area contributed by atoms with E-state index in [-0.39, 0.29) is 5.54 Å². The fraction of sp³-hybridized carbons (Fsp3) is 0.545. The maximum absolute atomic E-state index is 10.6. The predicted octanol–water partition coefficient (Wildman–Crippen LogP) is 2.77. The van der Waals surface area contributed by atoms with E-state index >= 15 is 0 Å². The van der Waals surface area contributed by atoms with Crippen LogP contribution < -0.4 is 5.32 Å². The lowest BCUT2D eigenvalue weighted by molar-refractivity contribution is -0.192. The highest BCUT2D eigenvalue weighted by atomic mass is 19.4. The SMILES string of the molecule is Cc1nc(NCC2(N3CCOCC3)CCOCC2)cc(-c2ccccn2)n1.O=C(O)C(F)(F)F. The lowest BCUT2D eigenvalue weighted by atomic mass is 9.87. The number of pyridine rings is 1. The maximum atomic E-state index is 10.6. The number of hydrogen-bond acceptors (Lipinski definition) is 8. The van der Waals surface area contributed by atoms with Crippen molar-refractivity contribution < 1.29 is 32.5 Å². The van der Waals surface area contributed by atoms with Gasteiger partial charge in [-0.1, -0.05) is 6.07 Å². The van der Waals surface area contributed by atoms with E-state index in [1.165, 1.54) is 0 Å². The molecule has 2 N–H and O–H groups in total. The van der Waals surface area contributed by atoms with Gasteiger partial charge in [0, 0.05) is 50.7 Å². The standard InChI is InChI=1S/C20H27N5O2.C2HF3O2/c1-16-23-18(17-4-2-3-7-21-17)14-19(24-16)22-15-20(5-10-26-11-6-20)25-8-12-27-13-9-25;3-2(4,5)1(6)7/h2-4,7,14H,5-6,8-13,15H2,1H3,(H,22,23,24);(H,6,7). The summed E-state index contributed by atoms with van der Waals surface area (Å²) in [6.45, 7) is 7.94. The molecule has 186 valence electrons. The number of rotatable bonds is 5. The third-order valence-electron chi connectivity index (χ3n) is 5.71. The molecule has 0 saturated carbocycles. The van der Waals surface area contributed by atoms with E-state index in [2.05, 4.69) is 25.2 Å². The lowest BCUT2D eigenvalue weighted by Crippen LogP contribution is -2.59. The summed E-state index contributed by atoms with van der Waals surface area (Å²) in [6, 6.07) is 7.84. The van der Waals surface area contributed by atoms with E-state index in [1.54, 1.807) is 6.20 Å². The Morgan fingerprint density at radius 1 is 1.12 bits per heavy atom. The summed E-state index contributed by atoms with van der Waals surface area (Å²) in [5.41, 5.74) is 1.80. The molecule has 2 aliphatic heterocycles. The Hall–Kier alpha value is -2.83. The largest absolute Gasteiger partial charge is 0.490 e. The number of halogens is 3. The number of carbonyl (C=O) groups is 1. The monoisotopic (exact) mass is 483 g/mol. The molecule has 4 heterocycles. The van der Waals surface area contributed by atoms with Gasteiger partial charge in [0.2, 0.25) is 0 Å². The topological polar surface area (TPSA) is 110 Å². The van der Waals surface area contributed by atoms with Crippen LogP contribution in [0.4, 0.5) is 19.0 Å². The van der Waals surface area contributed by atoms with Gasteiger partial charge in [0.25, 0.3) is 0 Å². The van der Waals surface area contributed by atoms with Gasteiger partial charge in [0.15, 0.2) is 0 Å². The first-order valence-corrected chi connectivity index (χ1v) is 10.9. The maximum Gasteiger partial charge on any atom is 0.490 e. The highest BCUT2D eigenvalue weighted by Crippen LogP contribution is 2.29. The zero-order valence-electron chi connectivity index (χ0n) is 18.8. The molecule has 12 heteroatoms. The smallest absolute Gasteiger partial charge is 0.475 e. The second kappa shape index (κ2) is 11.5. The summed E-state index contributed by atoms with van der Waals surface area (Å²) < 4.78 is 42.9. The van der Waals surface area contributed by atoms with Crippen LogP contribution in [-0.4, -0.2) is 88.7 Å². The lowest BCUT2D eigenvalue weighted by Gasteiger charge is -2.48. The van der Waals surface area contributed by atoms with Crippen molar-refractivity contribution in [2.75, 3.05) is 51.4 Å². The van der Waals surface area contributed by atoms with Crippen molar-refractivity contribution in [3.63, 3.8) is 0 Å². The molecule has 0 bridgehead atoms. The van der Waals surface area contributed by atoms with Crippen LogP contribution in [0.5, 0.6) is 0 Å². The van der Waals surface area contributed by atoms with Gasteiger partial charge in [-0.2, -0.15) is 13.2 Å². The minimum Gasteiger partial charge on any atom is -0.475 e. The molecule has 4 rings (SSSR count). The Labute approximate surface area is 195 Å². The summed E-state index contributed by atoms with van der Waals surface area (Å²) in [6.07, 6.45) is -1.25. The highest BCUT2D eigenvalue weighted by molar-refractivity contribution is 5.73. The third kappa shape index (κ3) is 7.08. The first kappa shape index (κ1) is 25.8. The van der Waals surface area contributed by atoms with Crippen molar-refractivity contribution in [1.29, 1.82) is 0 Å². The van der Waals surface area contributed by atoms with Gasteiger partial charge >= 0.3 is 12.1 Å². The molecule has 2 saturated heterocycles. The number of nitrogens with one attached hydrogen (secondary N) is 1. The zero-order chi connectivity index (χ0) is 24.6. The molecular formula is C22H28F3N5O4. The fourth-order valence-corrected chi connectivity index (χ4v) is 3.95. The molecule has 0 radical (unpaired) electrons. The third-order valence-corrected chi connectivity index (χ3v) is 5.71. The molecule has 9 nitrogen and oxygen atoms in total. The molecule has 2 aromatic heterocycles. The van der Waals surface area contributed by atoms with Gasteiger partial charge in [0.05, 0.1) is 24.6 Å². The number of aryl methyl sites for hydroxylation is 1. The van der Waals surface area contributed by atoms with Crippen molar-refractivity contribution >= 4 is 11.8 Å². The number of aliphatic carboxylic acids is 1. The Bertz CT molecular complexity index is 934. The first-order valence-electron chi connectivity index (χ1n) is 10.9. The average Bonchev–Trinajstić information content (AvgIpc) is 2.84. The van der Waals surface area contributed by atoms with Crippen LogP contribution in [0.3, 0.4) is 0 Å². The number of ether oxygens (including phenoxy) is 2. The molecule has 2 aliphatic rings. The van der Waals surface area contributed by atoms with Crippen molar-refractivity contribution in [3.8, 4) is 11.4 Å². The van der Waals surface area contributed by atoms with Crippen LogP contribution in [0, 0.1) is 6.92 Å². The van der Waals surface area contributed by atoms with E-state index < -0.39 is 12.1 Å². The molecule has 0 atom stereocenters. The Kier molecular flexibility index (Phi) is 8.75. The van der Waals surface area contributed by atoms with Gasteiger partial charge in [0.1, 0.15) is 11.6 Å². The highest BCUT2D eigenvalue weighted by Gasteiger charge is 2.39. The number of carboxylic acid groups (broad SMARTS) is 1. The van der Waals surface area contributed by atoms with Gasteiger partial charge in [-0.3, -0.25) is 9.88 Å². The average molecular weight is 483 g/mol. The normalized spacial score (nSPS) is 18.5. The molecule has 34 heavy (non-hydrogen) atoms. The van der Waals surface area contributed by atoms with Gasteiger partial charge in [-0.05, 0) is 31.9 Å². The van der Waals surface area contributed by atoms with E-state index in [0.29, 0.717) is 0 Å². The number of nitrogens with zero attached hydrogens (tertiary/aromatic N) is 4. The van der Waals surface area contributed by atoms with Crippen LogP contribution in [0.15, 0.2) is 30.5 Å². The van der Waals surface area contributed by atoms with E-state index in [1.807, 2.05) is 31.2 Å². The number of carboxylic acids is 1. The number of morpholine rings is 1. The molecule has 0 spiro atoms. The van der Waals surface area contributed by atoms with Crippen molar-refractivity contribution in [3.05, 3.63) is 36.3 Å². The van der Waals surface area contributed by atoms with Crippen LogP contribution >= 0.6 is 0 Å². The van der Waals surface area contributed by atoms with Crippen LogP contribution in [-0.2, 0) is 14.3 Å². The molecule has 2 aromatic rings.